The van der Waals surface area contributed by atoms with Gasteiger partial charge >= 0.3 is 6.18 Å². The van der Waals surface area contributed by atoms with E-state index in [1.807, 2.05) is 13.8 Å². The Morgan fingerprint density at radius 3 is 2.21 bits per heavy atom. The Kier molecular flexibility index (Phi) is 5.82. The molecular formula is C14H20F3NO. The Bertz CT molecular complexity index is 365. The van der Waals surface area contributed by atoms with Gasteiger partial charge in [-0.2, -0.15) is 13.2 Å². The van der Waals surface area contributed by atoms with Crippen molar-refractivity contribution in [3.05, 3.63) is 35.9 Å². The second kappa shape index (κ2) is 6.91. The molecule has 0 aliphatic heterocycles. The van der Waals surface area contributed by atoms with Crippen LogP contribution in [0.5, 0.6) is 0 Å². The third kappa shape index (κ3) is 6.07. The lowest BCUT2D eigenvalue weighted by atomic mass is 10.0. The van der Waals surface area contributed by atoms with Crippen LogP contribution in [-0.2, 0) is 0 Å². The SMILES string of the molecule is CC(C)C(O)CNC(CC(F)(F)F)c1ccccc1. The minimum Gasteiger partial charge on any atom is -0.392 e. The van der Waals surface area contributed by atoms with E-state index in [-0.39, 0.29) is 12.5 Å². The van der Waals surface area contributed by atoms with Crippen molar-refractivity contribution >= 4 is 0 Å². The topological polar surface area (TPSA) is 32.3 Å². The molecule has 19 heavy (non-hydrogen) atoms. The molecule has 0 fully saturated rings. The van der Waals surface area contributed by atoms with E-state index in [1.54, 1.807) is 30.3 Å². The highest BCUT2D eigenvalue weighted by Crippen LogP contribution is 2.29. The number of alkyl halides is 3. The van der Waals surface area contributed by atoms with Crippen LogP contribution in [0, 0.1) is 5.92 Å². The Hall–Kier alpha value is -1.07. The van der Waals surface area contributed by atoms with Crippen molar-refractivity contribution in [2.75, 3.05) is 6.54 Å². The number of nitrogens with one attached hydrogen (secondary N) is 1. The van der Waals surface area contributed by atoms with Gasteiger partial charge in [0.05, 0.1) is 12.5 Å². The van der Waals surface area contributed by atoms with Gasteiger partial charge in [0.1, 0.15) is 0 Å². The molecule has 0 radical (unpaired) electrons. The minimum atomic E-state index is -4.24. The van der Waals surface area contributed by atoms with Crippen molar-refractivity contribution in [1.29, 1.82) is 0 Å². The first kappa shape index (κ1) is 16.0. The quantitative estimate of drug-likeness (QED) is 0.835. The minimum absolute atomic E-state index is 0.00908. The molecule has 0 heterocycles. The Morgan fingerprint density at radius 1 is 1.16 bits per heavy atom. The van der Waals surface area contributed by atoms with Gasteiger partial charge in [-0.25, -0.2) is 0 Å². The van der Waals surface area contributed by atoms with Crippen LogP contribution in [0.2, 0.25) is 0 Å². The van der Waals surface area contributed by atoms with E-state index < -0.39 is 24.7 Å². The van der Waals surface area contributed by atoms with Gasteiger partial charge in [0.15, 0.2) is 0 Å². The molecule has 2 nitrogen and oxygen atoms in total. The number of aliphatic hydroxyl groups is 1. The Morgan fingerprint density at radius 2 is 1.74 bits per heavy atom. The zero-order valence-corrected chi connectivity index (χ0v) is 11.1. The summed E-state index contributed by atoms with van der Waals surface area (Å²) >= 11 is 0. The predicted molar refractivity (Wildman–Crippen MR) is 68.7 cm³/mol. The first-order chi connectivity index (χ1) is 8.79. The first-order valence-corrected chi connectivity index (χ1v) is 6.32. The van der Waals surface area contributed by atoms with E-state index in [0.717, 1.165) is 0 Å². The van der Waals surface area contributed by atoms with E-state index in [9.17, 15) is 18.3 Å². The molecule has 0 saturated heterocycles. The molecule has 0 aromatic heterocycles. The maximum atomic E-state index is 12.6. The predicted octanol–water partition coefficient (Wildman–Crippen LogP) is 3.29. The lowest BCUT2D eigenvalue weighted by molar-refractivity contribution is -0.140. The molecule has 2 unspecified atom stereocenters. The monoisotopic (exact) mass is 275 g/mol. The van der Waals surface area contributed by atoms with Crippen LogP contribution in [0.25, 0.3) is 0 Å². The molecule has 1 rings (SSSR count). The van der Waals surface area contributed by atoms with Crippen molar-refractivity contribution in [1.82, 2.24) is 5.32 Å². The van der Waals surface area contributed by atoms with E-state index in [0.29, 0.717) is 5.56 Å². The van der Waals surface area contributed by atoms with Gasteiger partial charge in [-0.3, -0.25) is 0 Å². The average molecular weight is 275 g/mol. The number of hydrogen-bond donors (Lipinski definition) is 2. The normalized spacial score (nSPS) is 15.5. The summed E-state index contributed by atoms with van der Waals surface area (Å²) in [6.07, 6.45) is -5.84. The summed E-state index contributed by atoms with van der Waals surface area (Å²) in [5.74, 6) is 0.00908. The summed E-state index contributed by atoms with van der Waals surface area (Å²) in [4.78, 5) is 0. The number of benzene rings is 1. The maximum Gasteiger partial charge on any atom is 0.390 e. The highest BCUT2D eigenvalue weighted by atomic mass is 19.4. The van der Waals surface area contributed by atoms with Gasteiger partial charge in [0, 0.05) is 12.6 Å². The zero-order chi connectivity index (χ0) is 14.5. The fourth-order valence-electron chi connectivity index (χ4n) is 1.72. The third-order valence-electron chi connectivity index (χ3n) is 2.98. The molecule has 2 N–H and O–H groups in total. The molecule has 0 aliphatic rings. The summed E-state index contributed by atoms with van der Waals surface area (Å²) in [5.41, 5.74) is 0.579. The average Bonchev–Trinajstić information content (AvgIpc) is 2.33. The number of aliphatic hydroxyl groups excluding tert-OH is 1. The van der Waals surface area contributed by atoms with Crippen LogP contribution in [0.3, 0.4) is 0 Å². The second-order valence-corrected chi connectivity index (χ2v) is 5.00. The Balaban J connectivity index is 2.71. The van der Waals surface area contributed by atoms with Crippen LogP contribution in [0.1, 0.15) is 31.9 Å². The van der Waals surface area contributed by atoms with Gasteiger partial charge in [0.25, 0.3) is 0 Å². The molecule has 0 aliphatic carbocycles. The molecule has 0 bridgehead atoms. The number of rotatable bonds is 6. The van der Waals surface area contributed by atoms with Crippen LogP contribution in [-0.4, -0.2) is 23.9 Å². The smallest absolute Gasteiger partial charge is 0.390 e. The first-order valence-electron chi connectivity index (χ1n) is 6.32. The molecule has 0 saturated carbocycles. The van der Waals surface area contributed by atoms with Crippen molar-refractivity contribution in [2.24, 2.45) is 5.92 Å². The van der Waals surface area contributed by atoms with Crippen LogP contribution in [0.4, 0.5) is 13.2 Å². The van der Waals surface area contributed by atoms with Crippen LogP contribution in [0.15, 0.2) is 30.3 Å². The standard InChI is InChI=1S/C14H20F3NO/c1-10(2)13(19)9-18-12(8-14(15,16)17)11-6-4-3-5-7-11/h3-7,10,12-13,18-19H,8-9H2,1-2H3. The van der Waals surface area contributed by atoms with E-state index >= 15 is 0 Å². The summed E-state index contributed by atoms with van der Waals surface area (Å²) in [6, 6.07) is 7.67. The molecule has 1 aromatic rings. The van der Waals surface area contributed by atoms with Gasteiger partial charge < -0.3 is 10.4 Å². The van der Waals surface area contributed by atoms with Crippen LogP contribution < -0.4 is 5.32 Å². The summed E-state index contributed by atoms with van der Waals surface area (Å²) < 4.78 is 37.7. The maximum absolute atomic E-state index is 12.6. The second-order valence-electron chi connectivity index (χ2n) is 5.00. The molecule has 0 spiro atoms. The fourth-order valence-corrected chi connectivity index (χ4v) is 1.72. The van der Waals surface area contributed by atoms with Crippen molar-refractivity contribution < 1.29 is 18.3 Å². The van der Waals surface area contributed by atoms with Gasteiger partial charge in [-0.05, 0) is 11.5 Å². The van der Waals surface area contributed by atoms with Crippen molar-refractivity contribution in [3.8, 4) is 0 Å². The largest absolute Gasteiger partial charge is 0.392 e. The lowest BCUT2D eigenvalue weighted by Gasteiger charge is -2.23. The molecule has 0 amide bonds. The highest BCUT2D eigenvalue weighted by Gasteiger charge is 2.32. The lowest BCUT2D eigenvalue weighted by Crippen LogP contribution is -2.35. The highest BCUT2D eigenvalue weighted by molar-refractivity contribution is 5.19. The number of halogens is 3. The molecular weight excluding hydrogens is 255 g/mol. The summed E-state index contributed by atoms with van der Waals surface area (Å²) in [7, 11) is 0. The van der Waals surface area contributed by atoms with E-state index in [2.05, 4.69) is 5.32 Å². The Labute approximate surface area is 111 Å². The van der Waals surface area contributed by atoms with E-state index in [4.69, 9.17) is 0 Å². The number of hydrogen-bond acceptors (Lipinski definition) is 2. The molecule has 2 atom stereocenters. The summed E-state index contributed by atoms with van der Waals surface area (Å²) in [5, 5.41) is 12.5. The van der Waals surface area contributed by atoms with Crippen LogP contribution >= 0.6 is 0 Å². The van der Waals surface area contributed by atoms with Gasteiger partial charge in [-0.1, -0.05) is 44.2 Å². The molecule has 1 aromatic carbocycles. The fraction of sp³-hybridized carbons (Fsp3) is 0.571. The summed E-state index contributed by atoms with van der Waals surface area (Å²) in [6.45, 7) is 3.80. The van der Waals surface area contributed by atoms with E-state index in [1.165, 1.54) is 0 Å². The van der Waals surface area contributed by atoms with Gasteiger partial charge in [0.2, 0.25) is 0 Å². The van der Waals surface area contributed by atoms with Crippen molar-refractivity contribution in [3.63, 3.8) is 0 Å². The molecule has 108 valence electrons. The zero-order valence-electron chi connectivity index (χ0n) is 11.1. The van der Waals surface area contributed by atoms with Gasteiger partial charge in [-0.15, -0.1) is 0 Å². The van der Waals surface area contributed by atoms with Crippen molar-refractivity contribution in [2.45, 2.75) is 38.6 Å². The molecule has 5 heteroatoms. The third-order valence-corrected chi connectivity index (χ3v) is 2.98.